The van der Waals surface area contributed by atoms with E-state index < -0.39 is 0 Å². The smallest absolute Gasteiger partial charge is 0.147 e. The molecule has 0 aliphatic carbocycles. The van der Waals surface area contributed by atoms with Crippen molar-refractivity contribution in [1.29, 1.82) is 0 Å². The van der Waals surface area contributed by atoms with E-state index in [-0.39, 0.29) is 5.82 Å². The quantitative estimate of drug-likeness (QED) is 0.817. The maximum Gasteiger partial charge on any atom is 0.147 e. The minimum absolute atomic E-state index is 0.299. The summed E-state index contributed by atoms with van der Waals surface area (Å²) in [7, 11) is 1.66. The lowest BCUT2D eigenvalue weighted by atomic mass is 10.2. The van der Waals surface area contributed by atoms with Crippen molar-refractivity contribution >= 4 is 27.3 Å². The van der Waals surface area contributed by atoms with E-state index >= 15 is 0 Å². The summed E-state index contributed by atoms with van der Waals surface area (Å²) in [5, 5.41) is 12.9. The number of nitrogens with zero attached hydrogens (tertiary/aromatic N) is 2. The van der Waals surface area contributed by atoms with Crippen LogP contribution < -0.4 is 5.32 Å². The molecule has 0 unspecified atom stereocenters. The van der Waals surface area contributed by atoms with Crippen molar-refractivity contribution in [2.75, 3.05) is 20.3 Å². The fraction of sp³-hybridized carbons (Fsp3) is 0.333. The Labute approximate surface area is 123 Å². The second kappa shape index (κ2) is 7.04. The molecular weight excluding hydrogens is 333 g/mol. The lowest BCUT2D eigenvalue weighted by molar-refractivity contribution is 0.199. The van der Waals surface area contributed by atoms with Crippen LogP contribution in [0.4, 0.5) is 4.39 Å². The van der Waals surface area contributed by atoms with E-state index in [4.69, 9.17) is 4.74 Å². The van der Waals surface area contributed by atoms with E-state index in [9.17, 15) is 4.39 Å². The molecule has 0 fully saturated rings. The SMILES string of the molecule is COCCNCc1nnc(-c2ccc(Br)c(F)c2)s1. The standard InChI is InChI=1S/C12H13BrFN3OS/c1-18-5-4-15-7-11-16-17-12(19-11)8-2-3-9(13)10(14)6-8/h2-3,6,15H,4-5,7H2,1H3. The van der Waals surface area contributed by atoms with Gasteiger partial charge < -0.3 is 10.1 Å². The largest absolute Gasteiger partial charge is 0.383 e. The Morgan fingerprint density at radius 1 is 1.42 bits per heavy atom. The third kappa shape index (κ3) is 4.04. The van der Waals surface area contributed by atoms with Gasteiger partial charge in [0.1, 0.15) is 15.8 Å². The summed E-state index contributed by atoms with van der Waals surface area (Å²) in [6, 6.07) is 4.94. The van der Waals surface area contributed by atoms with Crippen molar-refractivity contribution in [3.63, 3.8) is 0 Å². The number of halogens is 2. The summed E-state index contributed by atoms with van der Waals surface area (Å²) in [5.41, 5.74) is 0.737. The van der Waals surface area contributed by atoms with Crippen LogP contribution in [0.2, 0.25) is 0 Å². The van der Waals surface area contributed by atoms with Crippen molar-refractivity contribution in [2.24, 2.45) is 0 Å². The summed E-state index contributed by atoms with van der Waals surface area (Å²) >= 11 is 4.58. The summed E-state index contributed by atoms with van der Waals surface area (Å²) in [4.78, 5) is 0. The molecule has 0 amide bonds. The van der Waals surface area contributed by atoms with Crippen LogP contribution >= 0.6 is 27.3 Å². The first-order chi connectivity index (χ1) is 9.20. The first-order valence-electron chi connectivity index (χ1n) is 5.68. The van der Waals surface area contributed by atoms with E-state index in [0.717, 1.165) is 22.1 Å². The maximum atomic E-state index is 13.4. The maximum absolute atomic E-state index is 13.4. The van der Waals surface area contributed by atoms with Crippen molar-refractivity contribution in [2.45, 2.75) is 6.54 Å². The second-order valence-electron chi connectivity index (χ2n) is 3.80. The van der Waals surface area contributed by atoms with Crippen LogP contribution in [0, 0.1) is 5.82 Å². The summed E-state index contributed by atoms with van der Waals surface area (Å²) in [5.74, 6) is -0.299. The van der Waals surface area contributed by atoms with Gasteiger partial charge >= 0.3 is 0 Å². The van der Waals surface area contributed by atoms with Crippen molar-refractivity contribution in [1.82, 2.24) is 15.5 Å². The Morgan fingerprint density at radius 2 is 2.26 bits per heavy atom. The molecular formula is C12H13BrFN3OS. The summed E-state index contributed by atoms with van der Waals surface area (Å²) in [6.07, 6.45) is 0. The number of rotatable bonds is 6. The van der Waals surface area contributed by atoms with Gasteiger partial charge in [0.15, 0.2) is 0 Å². The monoisotopic (exact) mass is 345 g/mol. The number of nitrogens with one attached hydrogen (secondary N) is 1. The normalized spacial score (nSPS) is 10.9. The molecule has 0 atom stereocenters. The molecule has 2 aromatic rings. The van der Waals surface area contributed by atoms with E-state index in [0.29, 0.717) is 17.6 Å². The van der Waals surface area contributed by atoms with Gasteiger partial charge in [0.25, 0.3) is 0 Å². The number of hydrogen-bond donors (Lipinski definition) is 1. The average molecular weight is 346 g/mol. The van der Waals surface area contributed by atoms with Crippen LogP contribution in [0.5, 0.6) is 0 Å². The van der Waals surface area contributed by atoms with Gasteiger partial charge in [0.05, 0.1) is 11.1 Å². The lowest BCUT2D eigenvalue weighted by Gasteiger charge is -1.99. The molecule has 1 aromatic carbocycles. The minimum atomic E-state index is -0.299. The average Bonchev–Trinajstić information content (AvgIpc) is 2.87. The molecule has 1 aromatic heterocycles. The molecule has 2 rings (SSSR count). The number of ether oxygens (including phenoxy) is 1. The molecule has 7 heteroatoms. The predicted molar refractivity (Wildman–Crippen MR) is 76.6 cm³/mol. The highest BCUT2D eigenvalue weighted by Crippen LogP contribution is 2.26. The Morgan fingerprint density at radius 3 is 3.00 bits per heavy atom. The Bertz CT molecular complexity index is 550. The van der Waals surface area contributed by atoms with Crippen LogP contribution in [0.25, 0.3) is 10.6 Å². The molecule has 1 N–H and O–H groups in total. The van der Waals surface area contributed by atoms with Crippen LogP contribution in [0.15, 0.2) is 22.7 Å². The molecule has 19 heavy (non-hydrogen) atoms. The third-order valence-electron chi connectivity index (χ3n) is 2.39. The molecule has 102 valence electrons. The number of benzene rings is 1. The van der Waals surface area contributed by atoms with Crippen LogP contribution in [-0.4, -0.2) is 30.5 Å². The van der Waals surface area contributed by atoms with Crippen LogP contribution in [0.1, 0.15) is 5.01 Å². The fourth-order valence-electron chi connectivity index (χ4n) is 1.44. The topological polar surface area (TPSA) is 47.0 Å². The van der Waals surface area contributed by atoms with Crippen LogP contribution in [-0.2, 0) is 11.3 Å². The van der Waals surface area contributed by atoms with Gasteiger partial charge in [-0.05, 0) is 28.1 Å². The van der Waals surface area contributed by atoms with Crippen LogP contribution in [0.3, 0.4) is 0 Å². The van der Waals surface area contributed by atoms with E-state index in [1.807, 2.05) is 6.07 Å². The van der Waals surface area contributed by atoms with Gasteiger partial charge in [-0.15, -0.1) is 10.2 Å². The predicted octanol–water partition coefficient (Wildman–Crippen LogP) is 2.84. The zero-order valence-corrected chi connectivity index (χ0v) is 12.7. The molecule has 1 heterocycles. The Kier molecular flexibility index (Phi) is 5.38. The Hall–Kier alpha value is -0.890. The zero-order valence-electron chi connectivity index (χ0n) is 10.3. The molecule has 0 aliphatic heterocycles. The van der Waals surface area contributed by atoms with E-state index in [1.165, 1.54) is 17.4 Å². The zero-order chi connectivity index (χ0) is 13.7. The van der Waals surface area contributed by atoms with E-state index in [1.54, 1.807) is 13.2 Å². The highest BCUT2D eigenvalue weighted by molar-refractivity contribution is 9.10. The molecule has 4 nitrogen and oxygen atoms in total. The number of aromatic nitrogens is 2. The first kappa shape index (κ1) is 14.5. The van der Waals surface area contributed by atoms with Crippen molar-refractivity contribution in [3.8, 4) is 10.6 Å². The molecule has 0 bridgehead atoms. The number of hydrogen-bond acceptors (Lipinski definition) is 5. The number of methoxy groups -OCH3 is 1. The second-order valence-corrected chi connectivity index (χ2v) is 5.72. The summed E-state index contributed by atoms with van der Waals surface area (Å²) in [6.45, 7) is 2.06. The van der Waals surface area contributed by atoms with Gasteiger partial charge in [-0.1, -0.05) is 17.4 Å². The molecule has 0 saturated carbocycles. The van der Waals surface area contributed by atoms with Crippen molar-refractivity contribution in [3.05, 3.63) is 33.5 Å². The van der Waals surface area contributed by atoms with Gasteiger partial charge in [-0.2, -0.15) is 0 Å². The lowest BCUT2D eigenvalue weighted by Crippen LogP contribution is -2.18. The van der Waals surface area contributed by atoms with Gasteiger partial charge in [-0.25, -0.2) is 4.39 Å². The van der Waals surface area contributed by atoms with Gasteiger partial charge in [-0.3, -0.25) is 0 Å². The Balaban J connectivity index is 2.01. The summed E-state index contributed by atoms with van der Waals surface area (Å²) < 4.78 is 18.8. The van der Waals surface area contributed by atoms with Crippen molar-refractivity contribution < 1.29 is 9.13 Å². The molecule has 0 aliphatic rings. The molecule has 0 spiro atoms. The van der Waals surface area contributed by atoms with E-state index in [2.05, 4.69) is 31.4 Å². The molecule has 0 radical (unpaired) electrons. The fourth-order valence-corrected chi connectivity index (χ4v) is 2.49. The first-order valence-corrected chi connectivity index (χ1v) is 7.29. The minimum Gasteiger partial charge on any atom is -0.383 e. The molecule has 0 saturated heterocycles. The highest BCUT2D eigenvalue weighted by Gasteiger charge is 2.08. The van der Waals surface area contributed by atoms with Gasteiger partial charge in [0, 0.05) is 25.8 Å². The van der Waals surface area contributed by atoms with Gasteiger partial charge in [0.2, 0.25) is 0 Å². The third-order valence-corrected chi connectivity index (χ3v) is 4.01. The highest BCUT2D eigenvalue weighted by atomic mass is 79.9.